The number of hydrogen-bond acceptors (Lipinski definition) is 4. The number of sulfonamides is 1. The predicted octanol–water partition coefficient (Wildman–Crippen LogP) is 1.99. The van der Waals surface area contributed by atoms with E-state index in [4.69, 9.17) is 5.11 Å². The number of rotatable bonds is 4. The van der Waals surface area contributed by atoms with Crippen LogP contribution < -0.4 is 4.72 Å². The molecular formula is C14H16N2O3S. The van der Waals surface area contributed by atoms with E-state index in [-0.39, 0.29) is 17.3 Å². The first-order valence-corrected chi connectivity index (χ1v) is 7.56. The fourth-order valence-corrected chi connectivity index (χ4v) is 2.75. The molecule has 0 radical (unpaired) electrons. The van der Waals surface area contributed by atoms with Gasteiger partial charge in [-0.3, -0.25) is 4.72 Å². The summed E-state index contributed by atoms with van der Waals surface area (Å²) in [7, 11) is -3.65. The summed E-state index contributed by atoms with van der Waals surface area (Å²) in [5.41, 5.74) is 2.57. The summed E-state index contributed by atoms with van der Waals surface area (Å²) >= 11 is 0. The van der Waals surface area contributed by atoms with Gasteiger partial charge in [0.05, 0.1) is 11.5 Å². The van der Waals surface area contributed by atoms with Crippen LogP contribution in [0.15, 0.2) is 41.4 Å². The van der Waals surface area contributed by atoms with Crippen LogP contribution in [0.5, 0.6) is 0 Å². The normalized spacial score (nSPS) is 11.3. The van der Waals surface area contributed by atoms with E-state index in [0.29, 0.717) is 5.56 Å². The number of aromatic nitrogens is 1. The van der Waals surface area contributed by atoms with Gasteiger partial charge in [0.25, 0.3) is 10.0 Å². The first-order valence-electron chi connectivity index (χ1n) is 6.08. The third kappa shape index (κ3) is 3.15. The topological polar surface area (TPSA) is 79.3 Å². The summed E-state index contributed by atoms with van der Waals surface area (Å²) < 4.78 is 26.9. The van der Waals surface area contributed by atoms with Gasteiger partial charge in [0.2, 0.25) is 0 Å². The minimum Gasteiger partial charge on any atom is -0.392 e. The maximum Gasteiger partial charge on any atom is 0.263 e. The van der Waals surface area contributed by atoms with Gasteiger partial charge in [-0.15, -0.1) is 0 Å². The van der Waals surface area contributed by atoms with Crippen molar-refractivity contribution in [3.63, 3.8) is 0 Å². The highest BCUT2D eigenvalue weighted by atomic mass is 32.2. The summed E-state index contributed by atoms with van der Waals surface area (Å²) in [6.45, 7) is 3.66. The SMILES string of the molecule is Cc1ccc(S(=O)(=O)Nc2ccc(CO)cn2)cc1C. The van der Waals surface area contributed by atoms with E-state index in [0.717, 1.165) is 11.1 Å². The predicted molar refractivity (Wildman–Crippen MR) is 76.9 cm³/mol. The number of aliphatic hydroxyl groups is 1. The molecule has 0 saturated heterocycles. The minimum atomic E-state index is -3.65. The van der Waals surface area contributed by atoms with Crippen molar-refractivity contribution < 1.29 is 13.5 Å². The highest BCUT2D eigenvalue weighted by Crippen LogP contribution is 2.17. The zero-order valence-electron chi connectivity index (χ0n) is 11.3. The van der Waals surface area contributed by atoms with E-state index in [1.807, 2.05) is 13.8 Å². The molecule has 0 amide bonds. The zero-order valence-corrected chi connectivity index (χ0v) is 12.1. The van der Waals surface area contributed by atoms with Gasteiger partial charge in [-0.1, -0.05) is 12.1 Å². The van der Waals surface area contributed by atoms with Gasteiger partial charge in [-0.25, -0.2) is 13.4 Å². The Hall–Kier alpha value is -1.92. The van der Waals surface area contributed by atoms with Gasteiger partial charge in [0.1, 0.15) is 5.82 Å². The van der Waals surface area contributed by atoms with Gasteiger partial charge in [-0.2, -0.15) is 0 Å². The molecule has 0 atom stereocenters. The average Bonchev–Trinajstić information content (AvgIpc) is 2.42. The van der Waals surface area contributed by atoms with Crippen LogP contribution in [0.4, 0.5) is 5.82 Å². The summed E-state index contributed by atoms with van der Waals surface area (Å²) in [5.74, 6) is 0.223. The Kier molecular flexibility index (Phi) is 4.06. The highest BCUT2D eigenvalue weighted by molar-refractivity contribution is 7.92. The van der Waals surface area contributed by atoms with Crippen LogP contribution in [0.2, 0.25) is 0 Å². The number of anilines is 1. The minimum absolute atomic E-state index is 0.128. The molecule has 0 aliphatic heterocycles. The lowest BCUT2D eigenvalue weighted by atomic mass is 10.1. The average molecular weight is 292 g/mol. The van der Waals surface area contributed by atoms with Crippen molar-refractivity contribution in [2.45, 2.75) is 25.3 Å². The summed E-state index contributed by atoms with van der Waals surface area (Å²) in [5, 5.41) is 8.92. The molecule has 6 heteroatoms. The Morgan fingerprint density at radius 3 is 2.45 bits per heavy atom. The van der Waals surface area contributed by atoms with Crippen molar-refractivity contribution in [3.8, 4) is 0 Å². The van der Waals surface area contributed by atoms with Crippen LogP contribution in [0.25, 0.3) is 0 Å². The first kappa shape index (κ1) is 14.5. The van der Waals surface area contributed by atoms with Gasteiger partial charge in [0.15, 0.2) is 0 Å². The van der Waals surface area contributed by atoms with Crippen LogP contribution in [-0.4, -0.2) is 18.5 Å². The molecule has 5 nitrogen and oxygen atoms in total. The number of pyridine rings is 1. The molecule has 2 rings (SSSR count). The molecule has 106 valence electrons. The molecule has 0 bridgehead atoms. The Balaban J connectivity index is 2.27. The second-order valence-electron chi connectivity index (χ2n) is 4.56. The van der Waals surface area contributed by atoms with Crippen LogP contribution in [0, 0.1) is 13.8 Å². The molecule has 0 fully saturated rings. The van der Waals surface area contributed by atoms with E-state index < -0.39 is 10.0 Å². The van der Waals surface area contributed by atoms with Gasteiger partial charge in [-0.05, 0) is 48.7 Å². The Morgan fingerprint density at radius 2 is 1.90 bits per heavy atom. The lowest BCUT2D eigenvalue weighted by Crippen LogP contribution is -2.14. The molecule has 1 aromatic heterocycles. The van der Waals surface area contributed by atoms with E-state index >= 15 is 0 Å². The largest absolute Gasteiger partial charge is 0.392 e. The Labute approximate surface area is 118 Å². The quantitative estimate of drug-likeness (QED) is 0.903. The first-order chi connectivity index (χ1) is 9.42. The van der Waals surface area contributed by atoms with Crippen LogP contribution in [0.3, 0.4) is 0 Å². The fourth-order valence-electron chi connectivity index (χ4n) is 1.66. The van der Waals surface area contributed by atoms with Crippen LogP contribution >= 0.6 is 0 Å². The number of aliphatic hydroxyl groups excluding tert-OH is 1. The van der Waals surface area contributed by atoms with Gasteiger partial charge >= 0.3 is 0 Å². The zero-order chi connectivity index (χ0) is 14.8. The molecule has 0 aliphatic rings. The standard InChI is InChI=1S/C14H16N2O3S/c1-10-3-5-13(7-11(10)2)20(18,19)16-14-6-4-12(9-17)8-15-14/h3-8,17H,9H2,1-2H3,(H,15,16). The van der Waals surface area contributed by atoms with E-state index in [1.54, 1.807) is 24.3 Å². The van der Waals surface area contributed by atoms with Crippen molar-refractivity contribution >= 4 is 15.8 Å². The van der Waals surface area contributed by atoms with Gasteiger partial charge < -0.3 is 5.11 Å². The second-order valence-corrected chi connectivity index (χ2v) is 6.24. The monoisotopic (exact) mass is 292 g/mol. The number of nitrogens with zero attached hydrogens (tertiary/aromatic N) is 1. The van der Waals surface area contributed by atoms with E-state index in [1.165, 1.54) is 12.3 Å². The summed E-state index contributed by atoms with van der Waals surface area (Å²) in [6.07, 6.45) is 1.43. The smallest absolute Gasteiger partial charge is 0.263 e. The van der Waals surface area contributed by atoms with Crippen LogP contribution in [0.1, 0.15) is 16.7 Å². The van der Waals surface area contributed by atoms with E-state index in [9.17, 15) is 8.42 Å². The van der Waals surface area contributed by atoms with Crippen molar-refractivity contribution in [2.75, 3.05) is 4.72 Å². The van der Waals surface area contributed by atoms with Crippen molar-refractivity contribution in [1.29, 1.82) is 0 Å². The maximum atomic E-state index is 12.2. The highest BCUT2D eigenvalue weighted by Gasteiger charge is 2.15. The number of hydrogen-bond donors (Lipinski definition) is 2. The number of benzene rings is 1. The van der Waals surface area contributed by atoms with Crippen molar-refractivity contribution in [1.82, 2.24) is 4.98 Å². The molecule has 2 aromatic rings. The number of aryl methyl sites for hydroxylation is 2. The van der Waals surface area contributed by atoms with Crippen molar-refractivity contribution in [2.24, 2.45) is 0 Å². The molecule has 2 N–H and O–H groups in total. The summed E-state index contributed by atoms with van der Waals surface area (Å²) in [6, 6.07) is 8.09. The molecule has 1 aromatic carbocycles. The van der Waals surface area contributed by atoms with Gasteiger partial charge in [0, 0.05) is 6.20 Å². The Morgan fingerprint density at radius 1 is 1.15 bits per heavy atom. The molecule has 0 unspecified atom stereocenters. The summed E-state index contributed by atoms with van der Waals surface area (Å²) in [4.78, 5) is 4.15. The second kappa shape index (κ2) is 5.60. The fraction of sp³-hybridized carbons (Fsp3) is 0.214. The molecule has 0 spiro atoms. The molecule has 20 heavy (non-hydrogen) atoms. The lowest BCUT2D eigenvalue weighted by molar-refractivity contribution is 0.281. The molecular weight excluding hydrogens is 276 g/mol. The van der Waals surface area contributed by atoms with Crippen LogP contribution in [-0.2, 0) is 16.6 Å². The third-order valence-corrected chi connectivity index (χ3v) is 4.39. The van der Waals surface area contributed by atoms with Crippen molar-refractivity contribution in [3.05, 3.63) is 53.2 Å². The van der Waals surface area contributed by atoms with E-state index in [2.05, 4.69) is 9.71 Å². The number of nitrogens with one attached hydrogen (secondary N) is 1. The molecule has 0 saturated carbocycles. The molecule has 0 aliphatic carbocycles. The molecule has 1 heterocycles. The lowest BCUT2D eigenvalue weighted by Gasteiger charge is -2.09. The maximum absolute atomic E-state index is 12.2. The Bertz CT molecular complexity index is 710. The third-order valence-electron chi connectivity index (χ3n) is 3.03.